The molecule has 0 heterocycles. The van der Waals surface area contributed by atoms with Gasteiger partial charge in [-0.05, 0) is 109 Å². The molecule has 3 rings (SSSR count). The maximum atomic E-state index is 12.7. The van der Waals surface area contributed by atoms with Crippen LogP contribution in [0, 0.1) is 21.8 Å². The maximum absolute atomic E-state index is 12.7. The van der Waals surface area contributed by atoms with Crippen LogP contribution in [0.3, 0.4) is 0 Å². The Morgan fingerprint density at radius 3 is 2.34 bits per heavy atom. The van der Waals surface area contributed by atoms with Gasteiger partial charge in [0.2, 0.25) is 0 Å². The maximum Gasteiger partial charge on any atom is 0.266 e. The smallest absolute Gasteiger partial charge is 0.266 e. The third kappa shape index (κ3) is 8.24. The summed E-state index contributed by atoms with van der Waals surface area (Å²) in [5, 5.41) is 15.2. The fourth-order valence-corrected chi connectivity index (χ4v) is 4.23. The summed E-state index contributed by atoms with van der Waals surface area (Å²) in [6, 6.07) is 19.7. The molecule has 0 bridgehead atoms. The highest BCUT2D eigenvalue weighted by Crippen LogP contribution is 2.35. The van der Waals surface area contributed by atoms with Gasteiger partial charge in [0, 0.05) is 11.4 Å². The molecule has 0 fully saturated rings. The molecule has 0 aliphatic carbocycles. The van der Waals surface area contributed by atoms with Crippen LogP contribution in [0.5, 0.6) is 17.2 Å². The van der Waals surface area contributed by atoms with Gasteiger partial charge in [0.25, 0.3) is 11.8 Å². The Bertz CT molecular complexity index is 1360. The molecule has 0 aromatic heterocycles. The quantitative estimate of drug-likeness (QED) is 0.155. The average molecular weight is 625 g/mol. The molecule has 2 amide bonds. The van der Waals surface area contributed by atoms with Crippen molar-refractivity contribution >= 4 is 51.9 Å². The van der Waals surface area contributed by atoms with Crippen LogP contribution in [0.4, 0.5) is 11.4 Å². The summed E-state index contributed by atoms with van der Waals surface area (Å²) in [5.74, 6) is 0.641. The zero-order chi connectivity index (χ0) is 27.5. The summed E-state index contributed by atoms with van der Waals surface area (Å²) in [6.45, 7) is 6.35. The molecular weight excluding hydrogens is 597 g/mol. The number of amides is 2. The Hall–Kier alpha value is -4.04. The predicted molar refractivity (Wildman–Crippen MR) is 155 cm³/mol. The fourth-order valence-electron chi connectivity index (χ4n) is 3.45. The number of halogens is 1. The summed E-state index contributed by atoms with van der Waals surface area (Å²) in [5.41, 5.74) is 2.75. The Morgan fingerprint density at radius 1 is 0.947 bits per heavy atom. The number of hydrogen-bond donors (Lipinski definition) is 2. The summed E-state index contributed by atoms with van der Waals surface area (Å²) in [7, 11) is 0. The molecule has 0 atom stereocenters. The van der Waals surface area contributed by atoms with Crippen LogP contribution < -0.4 is 24.8 Å². The van der Waals surface area contributed by atoms with Crippen molar-refractivity contribution in [3.63, 3.8) is 0 Å². The van der Waals surface area contributed by atoms with Crippen molar-refractivity contribution in [2.24, 2.45) is 0 Å². The summed E-state index contributed by atoms with van der Waals surface area (Å²) in [6.07, 6.45) is 1.48. The molecule has 0 unspecified atom stereocenters. The number of nitriles is 1. The van der Waals surface area contributed by atoms with Crippen molar-refractivity contribution in [1.29, 1.82) is 5.26 Å². The largest absolute Gasteiger partial charge is 0.494 e. The summed E-state index contributed by atoms with van der Waals surface area (Å²) in [4.78, 5) is 25.2. The van der Waals surface area contributed by atoms with Crippen LogP contribution in [0.25, 0.3) is 6.08 Å². The molecule has 0 radical (unpaired) electrons. The first-order chi connectivity index (χ1) is 18.3. The van der Waals surface area contributed by atoms with Gasteiger partial charge in [0.05, 0.1) is 16.8 Å². The number of hydrogen-bond acceptors (Lipinski definition) is 6. The van der Waals surface area contributed by atoms with Gasteiger partial charge in [0.15, 0.2) is 18.1 Å². The van der Waals surface area contributed by atoms with Crippen molar-refractivity contribution in [3.8, 4) is 23.3 Å². The van der Waals surface area contributed by atoms with Crippen molar-refractivity contribution in [3.05, 3.63) is 80.9 Å². The van der Waals surface area contributed by atoms with E-state index < -0.39 is 5.91 Å². The van der Waals surface area contributed by atoms with E-state index in [0.29, 0.717) is 51.0 Å². The van der Waals surface area contributed by atoms with E-state index in [0.717, 1.165) is 5.56 Å². The fraction of sp³-hybridized carbons (Fsp3) is 0.207. The molecule has 3 aromatic rings. The first kappa shape index (κ1) is 28.5. The van der Waals surface area contributed by atoms with E-state index in [4.69, 9.17) is 14.2 Å². The predicted octanol–water partition coefficient (Wildman–Crippen LogP) is 5.96. The lowest BCUT2D eigenvalue weighted by Gasteiger charge is -2.15. The van der Waals surface area contributed by atoms with Crippen molar-refractivity contribution in [2.75, 3.05) is 30.5 Å². The molecule has 2 N–H and O–H groups in total. The third-order valence-electron chi connectivity index (χ3n) is 5.08. The van der Waals surface area contributed by atoms with Gasteiger partial charge in [-0.25, -0.2) is 0 Å². The van der Waals surface area contributed by atoms with Crippen LogP contribution in [-0.4, -0.2) is 31.6 Å². The number of aryl methyl sites for hydroxylation is 1. The molecule has 9 heteroatoms. The van der Waals surface area contributed by atoms with Gasteiger partial charge in [-0.1, -0.05) is 12.1 Å². The summed E-state index contributed by atoms with van der Waals surface area (Å²) < 4.78 is 17.6. The van der Waals surface area contributed by atoms with Crippen LogP contribution in [0.15, 0.2) is 66.2 Å². The highest BCUT2D eigenvalue weighted by atomic mass is 127. The zero-order valence-corrected chi connectivity index (χ0v) is 23.5. The Labute approximate surface area is 235 Å². The summed E-state index contributed by atoms with van der Waals surface area (Å²) >= 11 is 2.07. The average Bonchev–Trinajstić information content (AvgIpc) is 2.88. The van der Waals surface area contributed by atoms with Gasteiger partial charge in [-0.2, -0.15) is 5.26 Å². The Balaban J connectivity index is 1.74. The second kappa shape index (κ2) is 14.0. The molecule has 3 aromatic carbocycles. The Kier molecular flexibility index (Phi) is 10.5. The first-order valence-electron chi connectivity index (χ1n) is 11.9. The normalized spacial score (nSPS) is 10.8. The molecular formula is C29H28IN3O5. The molecule has 38 heavy (non-hydrogen) atoms. The molecule has 8 nitrogen and oxygen atoms in total. The van der Waals surface area contributed by atoms with Crippen molar-refractivity contribution < 1.29 is 23.8 Å². The number of anilines is 2. The topological polar surface area (TPSA) is 110 Å². The first-order valence-corrected chi connectivity index (χ1v) is 13.0. The molecule has 0 saturated carbocycles. The van der Waals surface area contributed by atoms with Gasteiger partial charge < -0.3 is 24.8 Å². The number of nitrogens with zero attached hydrogens (tertiary/aromatic N) is 1. The standard InChI is InChI=1S/C29H28IN3O5/c1-4-36-24-11-9-22(10-12-24)33-29(35)21(17-31)14-20-15-25(30)28(26(16-20)37-5-2)38-18-27(34)32-23-8-6-7-19(3)13-23/h6-16H,4-5,18H2,1-3H3,(H,32,34)(H,33,35)/b21-14+. The number of carbonyl (C=O) groups is 2. The van der Waals surface area contributed by atoms with E-state index in [2.05, 4.69) is 33.2 Å². The van der Waals surface area contributed by atoms with E-state index in [1.165, 1.54) is 6.08 Å². The minimum atomic E-state index is -0.544. The highest BCUT2D eigenvalue weighted by molar-refractivity contribution is 14.1. The zero-order valence-electron chi connectivity index (χ0n) is 21.3. The molecule has 196 valence electrons. The van der Waals surface area contributed by atoms with Gasteiger partial charge in [0.1, 0.15) is 17.4 Å². The molecule has 0 aliphatic heterocycles. The van der Waals surface area contributed by atoms with Crippen LogP contribution in [-0.2, 0) is 9.59 Å². The molecule has 0 spiro atoms. The number of benzene rings is 3. The van der Waals surface area contributed by atoms with Gasteiger partial charge in [-0.3, -0.25) is 9.59 Å². The highest BCUT2D eigenvalue weighted by Gasteiger charge is 2.16. The number of rotatable bonds is 11. The van der Waals surface area contributed by atoms with Gasteiger partial charge in [-0.15, -0.1) is 0 Å². The van der Waals surface area contributed by atoms with E-state index in [-0.39, 0.29) is 18.1 Å². The van der Waals surface area contributed by atoms with E-state index >= 15 is 0 Å². The second-order valence-corrected chi connectivity index (χ2v) is 9.21. The minimum absolute atomic E-state index is 0.0802. The molecule has 0 saturated heterocycles. The van der Waals surface area contributed by atoms with E-state index in [9.17, 15) is 14.9 Å². The van der Waals surface area contributed by atoms with Crippen molar-refractivity contribution in [1.82, 2.24) is 0 Å². The lowest BCUT2D eigenvalue weighted by atomic mass is 10.1. The van der Waals surface area contributed by atoms with E-state index in [1.807, 2.05) is 45.0 Å². The monoisotopic (exact) mass is 625 g/mol. The SMILES string of the molecule is CCOc1ccc(NC(=O)/C(C#N)=C/c2cc(I)c(OCC(=O)Nc3cccc(C)c3)c(OCC)c2)cc1. The lowest BCUT2D eigenvalue weighted by molar-refractivity contribution is -0.118. The van der Waals surface area contributed by atoms with Crippen LogP contribution in [0.1, 0.15) is 25.0 Å². The molecule has 0 aliphatic rings. The number of ether oxygens (including phenoxy) is 3. The van der Waals surface area contributed by atoms with E-state index in [1.54, 1.807) is 42.5 Å². The van der Waals surface area contributed by atoms with Gasteiger partial charge >= 0.3 is 0 Å². The van der Waals surface area contributed by atoms with Crippen molar-refractivity contribution in [2.45, 2.75) is 20.8 Å². The lowest BCUT2D eigenvalue weighted by Crippen LogP contribution is -2.20. The number of carbonyl (C=O) groups excluding carboxylic acids is 2. The second-order valence-electron chi connectivity index (χ2n) is 8.05. The van der Waals surface area contributed by atoms with Crippen LogP contribution in [0.2, 0.25) is 0 Å². The minimum Gasteiger partial charge on any atom is -0.494 e. The van der Waals surface area contributed by atoms with Crippen LogP contribution >= 0.6 is 22.6 Å². The third-order valence-corrected chi connectivity index (χ3v) is 5.88. The Morgan fingerprint density at radius 2 is 1.68 bits per heavy atom. The number of nitrogens with one attached hydrogen (secondary N) is 2.